The molecule has 0 atom stereocenters. The van der Waals surface area contributed by atoms with Crippen molar-refractivity contribution in [1.29, 1.82) is 0 Å². The van der Waals surface area contributed by atoms with Crippen LogP contribution in [-0.2, 0) is 9.59 Å². The number of hydrogen-bond acceptors (Lipinski definition) is 4. The topological polar surface area (TPSA) is 164 Å². The Morgan fingerprint density at radius 2 is 1.40 bits per heavy atom. The number of likely N-dealkylation sites (N-methyl/N-ethyl adjacent to an activating group) is 1. The first kappa shape index (κ1) is 19.4. The molecule has 7 N–H and O–H groups in total. The first-order chi connectivity index (χ1) is 6.04. The van der Waals surface area contributed by atoms with Gasteiger partial charge in [0.15, 0.2) is 0 Å². The standard InChI is InChI=1S/C5H12N2.C2H2O4.2H2O/c1-7-4-2-6-3-5-7;3-1(4)2(5)6;;/h6H,2-5H2,1H3;(H,3,4)(H,5,6);2*1H2. The number of aliphatic carboxylic acids is 2. The molecular formula is C7H18N2O6. The number of carbonyl (C=O) groups is 2. The van der Waals surface area contributed by atoms with Crippen LogP contribution >= 0.6 is 0 Å². The fraction of sp³-hybridized carbons (Fsp3) is 0.714. The number of hydrogen-bond donors (Lipinski definition) is 2. The van der Waals surface area contributed by atoms with Gasteiger partial charge in [0.25, 0.3) is 0 Å². The van der Waals surface area contributed by atoms with Crippen molar-refractivity contribution in [1.82, 2.24) is 0 Å². The first-order valence-corrected chi connectivity index (χ1v) is 4.09. The van der Waals surface area contributed by atoms with Crippen molar-refractivity contribution < 1.29 is 41.0 Å². The SMILES string of the molecule is C[NH+]1CC[NH2+]CC1.O.O.O=C([O-])C(=O)[O-]. The van der Waals surface area contributed by atoms with Crippen LogP contribution in [0, 0.1) is 0 Å². The number of piperazine rings is 1. The molecule has 0 aliphatic carbocycles. The molecule has 15 heavy (non-hydrogen) atoms. The van der Waals surface area contributed by atoms with Crippen LogP contribution in [0.1, 0.15) is 0 Å². The van der Waals surface area contributed by atoms with E-state index in [1.54, 1.807) is 4.90 Å². The molecule has 0 spiro atoms. The van der Waals surface area contributed by atoms with Gasteiger partial charge in [0.05, 0.1) is 19.0 Å². The summed E-state index contributed by atoms with van der Waals surface area (Å²) >= 11 is 0. The zero-order valence-electron chi connectivity index (χ0n) is 8.54. The summed E-state index contributed by atoms with van der Waals surface area (Å²) in [4.78, 5) is 19.5. The highest BCUT2D eigenvalue weighted by atomic mass is 16.4. The molecule has 0 bridgehead atoms. The Labute approximate surface area is 87.1 Å². The average Bonchev–Trinajstić information content (AvgIpc) is 2.06. The maximum Gasteiger partial charge on any atom is 0.127 e. The highest BCUT2D eigenvalue weighted by Crippen LogP contribution is 1.45. The largest absolute Gasteiger partial charge is 0.543 e. The molecule has 0 unspecified atom stereocenters. The third-order valence-corrected chi connectivity index (χ3v) is 1.72. The third-order valence-electron chi connectivity index (χ3n) is 1.72. The predicted octanol–water partition coefficient (Wildman–Crippen LogP) is -8.09. The van der Waals surface area contributed by atoms with E-state index in [1.165, 1.54) is 26.2 Å². The molecule has 0 aromatic carbocycles. The van der Waals surface area contributed by atoms with Crippen LogP contribution in [0.15, 0.2) is 0 Å². The van der Waals surface area contributed by atoms with Gasteiger partial charge in [-0.3, -0.25) is 0 Å². The second-order valence-corrected chi connectivity index (χ2v) is 2.90. The summed E-state index contributed by atoms with van der Waals surface area (Å²) in [5, 5.41) is 20.2. The van der Waals surface area contributed by atoms with Gasteiger partial charge in [0.2, 0.25) is 0 Å². The molecule has 1 aliphatic heterocycles. The lowest BCUT2D eigenvalue weighted by Gasteiger charge is -2.16. The van der Waals surface area contributed by atoms with Crippen molar-refractivity contribution in [3.05, 3.63) is 0 Å². The zero-order valence-corrected chi connectivity index (χ0v) is 8.54. The van der Waals surface area contributed by atoms with E-state index in [9.17, 15) is 0 Å². The molecular weight excluding hydrogens is 208 g/mol. The van der Waals surface area contributed by atoms with Crippen LogP contribution in [0.5, 0.6) is 0 Å². The van der Waals surface area contributed by atoms with E-state index in [2.05, 4.69) is 12.4 Å². The monoisotopic (exact) mass is 226 g/mol. The third kappa shape index (κ3) is 12.8. The summed E-state index contributed by atoms with van der Waals surface area (Å²) in [6.07, 6.45) is 0. The second kappa shape index (κ2) is 10.9. The number of carboxylic acids is 2. The van der Waals surface area contributed by atoms with Crippen molar-refractivity contribution in [3.8, 4) is 0 Å². The summed E-state index contributed by atoms with van der Waals surface area (Å²) < 4.78 is 0. The minimum absolute atomic E-state index is 0. The Kier molecular flexibility index (Phi) is 14.0. The Morgan fingerprint density at radius 1 is 1.07 bits per heavy atom. The van der Waals surface area contributed by atoms with Gasteiger partial charge in [-0.25, -0.2) is 0 Å². The van der Waals surface area contributed by atoms with E-state index in [-0.39, 0.29) is 11.0 Å². The number of carbonyl (C=O) groups excluding carboxylic acids is 2. The molecule has 8 heteroatoms. The molecule has 1 heterocycles. The van der Waals surface area contributed by atoms with Gasteiger partial charge in [-0.05, 0) is 0 Å². The van der Waals surface area contributed by atoms with Crippen LogP contribution in [0.2, 0.25) is 0 Å². The molecule has 0 aromatic heterocycles. The number of carboxylic acid groups (broad SMARTS) is 2. The van der Waals surface area contributed by atoms with E-state index in [0.29, 0.717) is 0 Å². The van der Waals surface area contributed by atoms with Crippen molar-refractivity contribution >= 4 is 11.9 Å². The average molecular weight is 226 g/mol. The Balaban J connectivity index is -0.000000172. The van der Waals surface area contributed by atoms with Crippen molar-refractivity contribution in [2.75, 3.05) is 33.2 Å². The molecule has 1 saturated heterocycles. The van der Waals surface area contributed by atoms with Crippen LogP contribution in [-0.4, -0.2) is 56.1 Å². The zero-order chi connectivity index (χ0) is 10.3. The lowest BCUT2D eigenvalue weighted by atomic mass is 10.4. The lowest BCUT2D eigenvalue weighted by Crippen LogP contribution is -3.18. The highest BCUT2D eigenvalue weighted by Gasteiger charge is 2.08. The summed E-state index contributed by atoms with van der Waals surface area (Å²) in [6.45, 7) is 5.34. The first-order valence-electron chi connectivity index (χ1n) is 4.09. The van der Waals surface area contributed by atoms with Gasteiger partial charge in [0.1, 0.15) is 26.2 Å². The summed E-state index contributed by atoms with van der Waals surface area (Å²) in [6, 6.07) is 0. The molecule has 0 radical (unpaired) electrons. The van der Waals surface area contributed by atoms with Crippen LogP contribution in [0.3, 0.4) is 0 Å². The van der Waals surface area contributed by atoms with Gasteiger partial charge in [-0.1, -0.05) is 0 Å². The minimum atomic E-state index is -2.19. The maximum atomic E-state index is 8.93. The number of nitrogens with two attached hydrogens (primary N) is 1. The van der Waals surface area contributed by atoms with E-state index in [4.69, 9.17) is 19.8 Å². The molecule has 8 nitrogen and oxygen atoms in total. The molecule has 1 rings (SSSR count). The van der Waals surface area contributed by atoms with Gasteiger partial charge in [-0.15, -0.1) is 0 Å². The molecule has 92 valence electrons. The van der Waals surface area contributed by atoms with Crippen molar-refractivity contribution in [3.63, 3.8) is 0 Å². The summed E-state index contributed by atoms with van der Waals surface area (Å²) in [7, 11) is 2.26. The van der Waals surface area contributed by atoms with E-state index in [0.717, 1.165) is 0 Å². The van der Waals surface area contributed by atoms with Gasteiger partial charge < -0.3 is 41.0 Å². The van der Waals surface area contributed by atoms with Crippen molar-refractivity contribution in [2.24, 2.45) is 0 Å². The Hall–Kier alpha value is -1.22. The maximum absolute atomic E-state index is 8.93. The van der Waals surface area contributed by atoms with Crippen LogP contribution < -0.4 is 20.4 Å². The molecule has 1 aliphatic rings. The number of quaternary nitrogens is 2. The quantitative estimate of drug-likeness (QED) is 0.392. The van der Waals surface area contributed by atoms with Gasteiger partial charge in [0, 0.05) is 0 Å². The van der Waals surface area contributed by atoms with Crippen molar-refractivity contribution in [2.45, 2.75) is 0 Å². The number of nitrogens with one attached hydrogen (secondary N) is 1. The Morgan fingerprint density at radius 3 is 1.53 bits per heavy atom. The highest BCUT2D eigenvalue weighted by molar-refractivity contribution is 6.25. The molecule has 0 aromatic rings. The normalized spacial score (nSPS) is 14.7. The fourth-order valence-electron chi connectivity index (χ4n) is 0.966. The fourth-order valence-corrected chi connectivity index (χ4v) is 0.966. The molecule has 0 saturated carbocycles. The lowest BCUT2D eigenvalue weighted by molar-refractivity contribution is -0.930. The predicted molar refractivity (Wildman–Crippen MR) is 45.5 cm³/mol. The molecule has 0 amide bonds. The van der Waals surface area contributed by atoms with Crippen LogP contribution in [0.4, 0.5) is 0 Å². The second-order valence-electron chi connectivity index (χ2n) is 2.90. The van der Waals surface area contributed by atoms with Gasteiger partial charge >= 0.3 is 0 Å². The van der Waals surface area contributed by atoms with E-state index < -0.39 is 11.9 Å². The van der Waals surface area contributed by atoms with Gasteiger partial charge in [-0.2, -0.15) is 0 Å². The number of rotatable bonds is 0. The van der Waals surface area contributed by atoms with E-state index >= 15 is 0 Å². The van der Waals surface area contributed by atoms with E-state index in [1.807, 2.05) is 0 Å². The van der Waals surface area contributed by atoms with Crippen LogP contribution in [0.25, 0.3) is 0 Å². The minimum Gasteiger partial charge on any atom is -0.543 e. The smallest absolute Gasteiger partial charge is 0.127 e. The molecule has 1 fully saturated rings. The summed E-state index contributed by atoms with van der Waals surface area (Å²) in [5.74, 6) is -4.37. The Bertz CT molecular complexity index is 168. The summed E-state index contributed by atoms with van der Waals surface area (Å²) in [5.41, 5.74) is 0.